The minimum Gasteiger partial charge on any atom is -0.503 e. The van der Waals surface area contributed by atoms with Gasteiger partial charge in [-0.1, -0.05) is 38.8 Å². The molecule has 0 fully saturated rings. The van der Waals surface area contributed by atoms with Gasteiger partial charge in [-0.05, 0) is 75.6 Å². The molecule has 0 aliphatic carbocycles. The molecule has 6 nitrogen and oxygen atoms in total. The molecule has 184 valence electrons. The van der Waals surface area contributed by atoms with Crippen LogP contribution in [0, 0.1) is 12.7 Å². The number of aliphatic hydroxyl groups excluding tert-OH is 1. The molecule has 7 heteroatoms. The molecule has 1 aliphatic rings. The number of hydrogen-bond acceptors (Lipinski definition) is 5. The highest BCUT2D eigenvalue weighted by atomic mass is 19.1. The zero-order valence-corrected chi connectivity index (χ0v) is 20.3. The van der Waals surface area contributed by atoms with Crippen molar-refractivity contribution in [2.24, 2.45) is 0 Å². The number of rotatable bonds is 13. The summed E-state index contributed by atoms with van der Waals surface area (Å²) in [6.07, 6.45) is 5.18. The fourth-order valence-corrected chi connectivity index (χ4v) is 4.36. The van der Waals surface area contributed by atoms with Crippen molar-refractivity contribution in [1.82, 2.24) is 9.80 Å². The summed E-state index contributed by atoms with van der Waals surface area (Å²) in [7, 11) is 0. The number of carbonyl (C=O) groups excluding carboxylic acids is 2. The van der Waals surface area contributed by atoms with Crippen molar-refractivity contribution >= 4 is 11.7 Å². The van der Waals surface area contributed by atoms with E-state index < -0.39 is 29.3 Å². The van der Waals surface area contributed by atoms with Crippen molar-refractivity contribution in [3.63, 3.8) is 0 Å². The van der Waals surface area contributed by atoms with Gasteiger partial charge in [0.2, 0.25) is 5.78 Å². The van der Waals surface area contributed by atoms with Gasteiger partial charge < -0.3 is 19.3 Å². The quantitative estimate of drug-likeness (QED) is 0.386. The maximum Gasteiger partial charge on any atom is 0.290 e. The van der Waals surface area contributed by atoms with Crippen molar-refractivity contribution in [2.75, 3.05) is 26.2 Å². The average Bonchev–Trinajstić information content (AvgIpc) is 3.37. The standard InChI is InChI=1S/C27H35FN2O4/c1-4-6-15-29(16-7-5-2)17-8-18-30-24(20-10-12-21(28)13-11-20)23(26(32)27(30)33)25(31)22-14-9-19(3)34-22/h9-14,24,32H,4-8,15-18H2,1-3H3. The number of ketones is 1. The van der Waals surface area contributed by atoms with Crippen LogP contribution in [0.1, 0.15) is 73.9 Å². The molecule has 1 unspecified atom stereocenters. The largest absolute Gasteiger partial charge is 0.503 e. The molecule has 1 atom stereocenters. The van der Waals surface area contributed by atoms with E-state index in [-0.39, 0.29) is 11.3 Å². The number of furan rings is 1. The number of Topliss-reactive ketones (excluding diaryl/α,β-unsaturated/α-hetero) is 1. The number of halogens is 1. The Kier molecular flexibility index (Phi) is 9.05. The SMILES string of the molecule is CCCCN(CCCC)CCCN1C(=O)C(O)=C(C(=O)c2ccc(C)o2)C1c1ccc(F)cc1. The van der Waals surface area contributed by atoms with Crippen LogP contribution in [0.5, 0.6) is 0 Å². The van der Waals surface area contributed by atoms with E-state index in [0.717, 1.165) is 45.3 Å². The molecule has 1 aromatic heterocycles. The Morgan fingerprint density at radius 1 is 1.03 bits per heavy atom. The van der Waals surface area contributed by atoms with E-state index >= 15 is 0 Å². The summed E-state index contributed by atoms with van der Waals surface area (Å²) >= 11 is 0. The summed E-state index contributed by atoms with van der Waals surface area (Å²) < 4.78 is 19.1. The van der Waals surface area contributed by atoms with Crippen molar-refractivity contribution < 1.29 is 23.5 Å². The minimum absolute atomic E-state index is 0.0280. The number of aryl methyl sites for hydroxylation is 1. The molecule has 2 aromatic rings. The van der Waals surface area contributed by atoms with Gasteiger partial charge in [0.15, 0.2) is 11.5 Å². The van der Waals surface area contributed by atoms with Crippen LogP contribution in [0.4, 0.5) is 4.39 Å². The lowest BCUT2D eigenvalue weighted by Crippen LogP contribution is -2.35. The molecular formula is C27H35FN2O4. The molecule has 3 rings (SSSR count). The molecule has 2 heterocycles. The Morgan fingerprint density at radius 3 is 2.21 bits per heavy atom. The van der Waals surface area contributed by atoms with E-state index in [1.165, 1.54) is 23.1 Å². The highest BCUT2D eigenvalue weighted by molar-refractivity contribution is 6.15. The van der Waals surface area contributed by atoms with Crippen LogP contribution >= 0.6 is 0 Å². The van der Waals surface area contributed by atoms with E-state index in [2.05, 4.69) is 18.7 Å². The first-order chi connectivity index (χ1) is 16.4. The molecule has 1 amide bonds. The van der Waals surface area contributed by atoms with Gasteiger partial charge in [-0.3, -0.25) is 9.59 Å². The Hall–Kier alpha value is -2.93. The number of benzene rings is 1. The zero-order chi connectivity index (χ0) is 24.7. The van der Waals surface area contributed by atoms with Gasteiger partial charge in [0.25, 0.3) is 5.91 Å². The van der Waals surface area contributed by atoms with Gasteiger partial charge in [-0.15, -0.1) is 0 Å². The molecule has 0 bridgehead atoms. The summed E-state index contributed by atoms with van der Waals surface area (Å²) in [5.41, 5.74) is 0.541. The fraction of sp³-hybridized carbons (Fsp3) is 0.481. The third-order valence-electron chi connectivity index (χ3n) is 6.23. The van der Waals surface area contributed by atoms with Crippen molar-refractivity contribution in [1.29, 1.82) is 0 Å². The van der Waals surface area contributed by atoms with Crippen LogP contribution in [0.15, 0.2) is 52.1 Å². The predicted octanol–water partition coefficient (Wildman–Crippen LogP) is 5.60. The molecule has 0 spiro atoms. The van der Waals surface area contributed by atoms with Crippen LogP contribution in [0.2, 0.25) is 0 Å². The highest BCUT2D eigenvalue weighted by Crippen LogP contribution is 2.39. The van der Waals surface area contributed by atoms with Crippen molar-refractivity contribution in [3.8, 4) is 0 Å². The third kappa shape index (κ3) is 5.95. The monoisotopic (exact) mass is 470 g/mol. The van der Waals surface area contributed by atoms with Crippen LogP contribution in [0.25, 0.3) is 0 Å². The highest BCUT2D eigenvalue weighted by Gasteiger charge is 2.44. The van der Waals surface area contributed by atoms with Crippen LogP contribution < -0.4 is 0 Å². The lowest BCUT2D eigenvalue weighted by Gasteiger charge is -2.28. The van der Waals surface area contributed by atoms with E-state index in [1.54, 1.807) is 25.1 Å². The summed E-state index contributed by atoms with van der Waals surface area (Å²) in [4.78, 5) is 30.3. The predicted molar refractivity (Wildman–Crippen MR) is 129 cm³/mol. The van der Waals surface area contributed by atoms with Crippen LogP contribution in [-0.2, 0) is 4.79 Å². The molecule has 34 heavy (non-hydrogen) atoms. The number of amides is 1. The Labute approximate surface area is 201 Å². The summed E-state index contributed by atoms with van der Waals surface area (Å²) in [6, 6.07) is 8.08. The number of nitrogens with zero attached hydrogens (tertiary/aromatic N) is 2. The number of carbonyl (C=O) groups is 2. The zero-order valence-electron chi connectivity index (χ0n) is 20.3. The molecular weight excluding hydrogens is 435 g/mol. The second-order valence-corrected chi connectivity index (χ2v) is 8.86. The first-order valence-corrected chi connectivity index (χ1v) is 12.2. The fourth-order valence-electron chi connectivity index (χ4n) is 4.36. The van der Waals surface area contributed by atoms with Crippen molar-refractivity contribution in [2.45, 2.75) is 58.9 Å². The maximum absolute atomic E-state index is 13.6. The first kappa shape index (κ1) is 25.7. The Balaban J connectivity index is 1.83. The summed E-state index contributed by atoms with van der Waals surface area (Å²) in [5.74, 6) is -1.49. The van der Waals surface area contributed by atoms with Gasteiger partial charge >= 0.3 is 0 Å². The van der Waals surface area contributed by atoms with Gasteiger partial charge in [-0.2, -0.15) is 0 Å². The number of aliphatic hydroxyl groups is 1. The van der Waals surface area contributed by atoms with Crippen LogP contribution in [0.3, 0.4) is 0 Å². The Morgan fingerprint density at radius 2 is 1.65 bits per heavy atom. The van der Waals surface area contributed by atoms with Gasteiger partial charge in [0.05, 0.1) is 11.6 Å². The lowest BCUT2D eigenvalue weighted by atomic mass is 9.95. The number of unbranched alkanes of at least 4 members (excludes halogenated alkanes) is 2. The van der Waals surface area contributed by atoms with Gasteiger partial charge in [0.1, 0.15) is 11.6 Å². The molecule has 0 saturated carbocycles. The molecule has 1 aromatic carbocycles. The Bertz CT molecular complexity index is 1000. The molecule has 1 N–H and O–H groups in total. The topological polar surface area (TPSA) is 74.0 Å². The molecule has 0 radical (unpaired) electrons. The summed E-state index contributed by atoms with van der Waals surface area (Å²) in [5, 5.41) is 10.7. The minimum atomic E-state index is -0.800. The third-order valence-corrected chi connectivity index (χ3v) is 6.23. The van der Waals surface area contributed by atoms with E-state index in [0.29, 0.717) is 24.3 Å². The molecule has 0 saturated heterocycles. The van der Waals surface area contributed by atoms with Gasteiger partial charge in [0, 0.05) is 6.54 Å². The van der Waals surface area contributed by atoms with Crippen LogP contribution in [-0.4, -0.2) is 52.8 Å². The average molecular weight is 471 g/mol. The lowest BCUT2D eigenvalue weighted by molar-refractivity contribution is -0.129. The smallest absolute Gasteiger partial charge is 0.290 e. The normalized spacial score (nSPS) is 16.2. The second kappa shape index (κ2) is 12.0. The van der Waals surface area contributed by atoms with E-state index in [9.17, 15) is 19.1 Å². The maximum atomic E-state index is 13.6. The second-order valence-electron chi connectivity index (χ2n) is 8.86. The summed E-state index contributed by atoms with van der Waals surface area (Å²) in [6.45, 7) is 9.27. The first-order valence-electron chi connectivity index (χ1n) is 12.2. The molecule has 1 aliphatic heterocycles. The van der Waals surface area contributed by atoms with Gasteiger partial charge in [-0.25, -0.2) is 4.39 Å². The van der Waals surface area contributed by atoms with E-state index in [1.807, 2.05) is 0 Å². The van der Waals surface area contributed by atoms with E-state index in [4.69, 9.17) is 4.42 Å². The number of hydrogen-bond donors (Lipinski definition) is 1. The van der Waals surface area contributed by atoms with Crippen molar-refractivity contribution in [3.05, 3.63) is 70.6 Å².